The number of hydrogen-bond donors (Lipinski definition) is 1. The van der Waals surface area contributed by atoms with E-state index in [0.29, 0.717) is 5.69 Å². The zero-order chi connectivity index (χ0) is 9.19. The fourth-order valence-electron chi connectivity index (χ4n) is 0.772. The number of anilines is 1. The van der Waals surface area contributed by atoms with Crippen LogP contribution >= 0.6 is 0 Å². The summed E-state index contributed by atoms with van der Waals surface area (Å²) in [5.41, 5.74) is 7.80. The van der Waals surface area contributed by atoms with Gasteiger partial charge in [-0.25, -0.2) is 8.42 Å². The molecule has 0 aliphatic heterocycles. The average molecular weight is 185 g/mol. The number of nitrogens with one attached hydrogen (secondary N) is 2. The van der Waals surface area contributed by atoms with Gasteiger partial charge in [0.2, 0.25) is 10.0 Å². The van der Waals surface area contributed by atoms with Crippen molar-refractivity contribution in [3.8, 4) is 0 Å². The van der Waals surface area contributed by atoms with E-state index in [1.165, 1.54) is 6.07 Å². The summed E-state index contributed by atoms with van der Waals surface area (Å²) in [6.07, 6.45) is 1.06. The molecule has 12 heavy (non-hydrogen) atoms. The van der Waals surface area contributed by atoms with Crippen LogP contribution in [0.2, 0.25) is 0 Å². The van der Waals surface area contributed by atoms with Crippen LogP contribution in [0.3, 0.4) is 0 Å². The molecule has 0 aromatic heterocycles. The highest BCUT2D eigenvalue weighted by molar-refractivity contribution is 7.92. The SMILES string of the molecule is CS(=O)(=O)Nc1ccccc1[NH]. The van der Waals surface area contributed by atoms with E-state index in [4.69, 9.17) is 5.73 Å². The molecule has 0 aliphatic rings. The van der Waals surface area contributed by atoms with E-state index in [1.807, 2.05) is 0 Å². The van der Waals surface area contributed by atoms with Crippen molar-refractivity contribution < 1.29 is 8.42 Å². The lowest BCUT2D eigenvalue weighted by Crippen LogP contribution is -2.09. The van der Waals surface area contributed by atoms with Gasteiger partial charge in [-0.05, 0) is 12.1 Å². The van der Waals surface area contributed by atoms with E-state index in [-0.39, 0.29) is 5.69 Å². The Labute approximate surface area is 71.4 Å². The van der Waals surface area contributed by atoms with Crippen LogP contribution in [0.25, 0.3) is 0 Å². The summed E-state index contributed by atoms with van der Waals surface area (Å²) >= 11 is 0. The first-order valence-electron chi connectivity index (χ1n) is 3.27. The number of rotatable bonds is 2. The largest absolute Gasteiger partial charge is 0.299 e. The number of benzene rings is 1. The number of para-hydroxylation sites is 1. The average Bonchev–Trinajstić information content (AvgIpc) is 1.91. The molecule has 0 amide bonds. The Balaban J connectivity index is 2.98. The van der Waals surface area contributed by atoms with Crippen LogP contribution in [0, 0.1) is 0 Å². The van der Waals surface area contributed by atoms with Crippen molar-refractivity contribution in [1.29, 1.82) is 0 Å². The van der Waals surface area contributed by atoms with Crippen molar-refractivity contribution in [3.63, 3.8) is 0 Å². The molecule has 4 nitrogen and oxygen atoms in total. The van der Waals surface area contributed by atoms with Crippen LogP contribution in [-0.4, -0.2) is 14.7 Å². The van der Waals surface area contributed by atoms with Crippen LogP contribution in [-0.2, 0) is 10.0 Å². The molecule has 0 saturated carbocycles. The molecule has 1 aromatic carbocycles. The second-order valence-electron chi connectivity index (χ2n) is 2.42. The minimum Gasteiger partial charge on any atom is -0.299 e. The van der Waals surface area contributed by atoms with Crippen molar-refractivity contribution in [2.45, 2.75) is 0 Å². The lowest BCUT2D eigenvalue weighted by Gasteiger charge is -2.04. The molecule has 1 radical (unpaired) electrons. The molecule has 5 heteroatoms. The fraction of sp³-hybridized carbons (Fsp3) is 0.143. The van der Waals surface area contributed by atoms with Gasteiger partial charge in [0, 0.05) is 0 Å². The third-order valence-corrected chi connectivity index (χ3v) is 1.81. The summed E-state index contributed by atoms with van der Waals surface area (Å²) in [6, 6.07) is 6.41. The van der Waals surface area contributed by atoms with Gasteiger partial charge in [0.05, 0.1) is 17.6 Å². The van der Waals surface area contributed by atoms with Crippen molar-refractivity contribution in [1.82, 2.24) is 5.73 Å². The smallest absolute Gasteiger partial charge is 0.229 e. The Bertz CT molecular complexity index is 373. The van der Waals surface area contributed by atoms with Gasteiger partial charge in [0.25, 0.3) is 0 Å². The Kier molecular flexibility index (Phi) is 2.23. The van der Waals surface area contributed by atoms with E-state index in [9.17, 15) is 8.42 Å². The maximum atomic E-state index is 10.8. The fourth-order valence-corrected chi connectivity index (χ4v) is 1.35. The second kappa shape index (κ2) is 3.02. The van der Waals surface area contributed by atoms with Crippen LogP contribution in [0.4, 0.5) is 11.4 Å². The maximum absolute atomic E-state index is 10.8. The molecule has 0 heterocycles. The predicted octanol–water partition coefficient (Wildman–Crippen LogP) is 0.972. The summed E-state index contributed by atoms with van der Waals surface area (Å²) in [6.45, 7) is 0. The minimum absolute atomic E-state index is 0.169. The molecule has 1 aromatic rings. The van der Waals surface area contributed by atoms with Gasteiger partial charge in [-0.3, -0.25) is 10.5 Å². The number of sulfonamides is 1. The number of hydrogen-bond acceptors (Lipinski definition) is 2. The molecule has 0 saturated heterocycles. The van der Waals surface area contributed by atoms with Gasteiger partial charge in [-0.1, -0.05) is 12.1 Å². The van der Waals surface area contributed by atoms with Crippen molar-refractivity contribution in [2.24, 2.45) is 0 Å². The van der Waals surface area contributed by atoms with Gasteiger partial charge in [0.15, 0.2) is 0 Å². The normalized spacial score (nSPS) is 11.1. The van der Waals surface area contributed by atoms with Gasteiger partial charge < -0.3 is 0 Å². The van der Waals surface area contributed by atoms with E-state index in [1.54, 1.807) is 18.2 Å². The molecule has 2 N–H and O–H groups in total. The zero-order valence-electron chi connectivity index (χ0n) is 6.53. The van der Waals surface area contributed by atoms with Crippen molar-refractivity contribution in [3.05, 3.63) is 24.3 Å². The lowest BCUT2D eigenvalue weighted by atomic mass is 10.3. The maximum Gasteiger partial charge on any atom is 0.229 e. The summed E-state index contributed by atoms with van der Waals surface area (Å²) in [5, 5.41) is 0. The highest BCUT2D eigenvalue weighted by atomic mass is 32.2. The van der Waals surface area contributed by atoms with Crippen LogP contribution in [0.1, 0.15) is 0 Å². The first-order chi connectivity index (χ1) is 5.49. The second-order valence-corrected chi connectivity index (χ2v) is 4.17. The van der Waals surface area contributed by atoms with Crippen molar-refractivity contribution >= 4 is 21.4 Å². The third kappa shape index (κ3) is 2.43. The minimum atomic E-state index is -3.27. The lowest BCUT2D eigenvalue weighted by molar-refractivity contribution is 0.607. The molecule has 1 rings (SSSR count). The highest BCUT2D eigenvalue weighted by Crippen LogP contribution is 2.18. The Morgan fingerprint density at radius 3 is 2.42 bits per heavy atom. The quantitative estimate of drug-likeness (QED) is 0.745. The summed E-state index contributed by atoms with van der Waals surface area (Å²) < 4.78 is 23.8. The first-order valence-corrected chi connectivity index (χ1v) is 5.16. The van der Waals surface area contributed by atoms with Crippen LogP contribution in [0.15, 0.2) is 24.3 Å². The topological polar surface area (TPSA) is 70.0 Å². The van der Waals surface area contributed by atoms with E-state index >= 15 is 0 Å². The van der Waals surface area contributed by atoms with Crippen LogP contribution < -0.4 is 10.5 Å². The first kappa shape index (κ1) is 8.86. The molecule has 0 spiro atoms. The van der Waals surface area contributed by atoms with Gasteiger partial charge in [0.1, 0.15) is 0 Å². The standard InChI is InChI=1S/C7H9N2O2S/c1-12(10,11)9-7-5-3-2-4-6(7)8/h2-5,8-9H,1H3. The summed E-state index contributed by atoms with van der Waals surface area (Å²) in [5.74, 6) is 0. The van der Waals surface area contributed by atoms with Gasteiger partial charge in [-0.2, -0.15) is 0 Å². The Morgan fingerprint density at radius 2 is 1.92 bits per heavy atom. The van der Waals surface area contributed by atoms with E-state index < -0.39 is 10.0 Å². The molecular weight excluding hydrogens is 176 g/mol. The van der Waals surface area contributed by atoms with E-state index in [0.717, 1.165) is 6.26 Å². The monoisotopic (exact) mass is 185 g/mol. The molecule has 0 bridgehead atoms. The molecule has 65 valence electrons. The summed E-state index contributed by atoms with van der Waals surface area (Å²) in [4.78, 5) is 0. The zero-order valence-corrected chi connectivity index (χ0v) is 7.35. The predicted molar refractivity (Wildman–Crippen MR) is 47.7 cm³/mol. The molecule has 0 unspecified atom stereocenters. The third-order valence-electron chi connectivity index (χ3n) is 1.22. The Morgan fingerprint density at radius 1 is 1.33 bits per heavy atom. The van der Waals surface area contributed by atoms with Gasteiger partial charge in [-0.15, -0.1) is 0 Å². The molecule has 0 fully saturated rings. The van der Waals surface area contributed by atoms with Crippen molar-refractivity contribution in [2.75, 3.05) is 11.0 Å². The summed E-state index contributed by atoms with van der Waals surface area (Å²) in [7, 11) is -3.27. The molecular formula is C7H9N2O2S. The molecule has 0 atom stereocenters. The Hall–Kier alpha value is -1.23. The molecule has 0 aliphatic carbocycles. The van der Waals surface area contributed by atoms with Gasteiger partial charge >= 0.3 is 0 Å². The highest BCUT2D eigenvalue weighted by Gasteiger charge is 2.03. The van der Waals surface area contributed by atoms with Crippen LogP contribution in [0.5, 0.6) is 0 Å². The van der Waals surface area contributed by atoms with E-state index in [2.05, 4.69) is 4.72 Å².